The molecule has 0 aliphatic carbocycles. The Labute approximate surface area is 119 Å². The van der Waals surface area contributed by atoms with Crippen LogP contribution < -0.4 is 15.9 Å². The van der Waals surface area contributed by atoms with Crippen molar-refractivity contribution in [2.45, 2.75) is 19.5 Å². The van der Waals surface area contributed by atoms with E-state index in [1.807, 2.05) is 6.92 Å². The predicted octanol–water partition coefficient (Wildman–Crippen LogP) is 2.66. The Morgan fingerprint density at radius 3 is 2.75 bits per heavy atom. The molecule has 0 aromatic heterocycles. The first kappa shape index (κ1) is 16.2. The number of benzene rings is 1. The summed E-state index contributed by atoms with van der Waals surface area (Å²) in [6.45, 7) is 2.29. The smallest absolute Gasteiger partial charge is 0.416 e. The van der Waals surface area contributed by atoms with Crippen LogP contribution in [0.25, 0.3) is 0 Å². The van der Waals surface area contributed by atoms with Crippen LogP contribution in [0, 0.1) is 0 Å². The van der Waals surface area contributed by atoms with Gasteiger partial charge >= 0.3 is 6.18 Å². The van der Waals surface area contributed by atoms with Gasteiger partial charge in [-0.15, -0.1) is 0 Å². The first-order valence-electron chi connectivity index (χ1n) is 5.77. The Hall–Kier alpha value is -1.83. The van der Waals surface area contributed by atoms with Gasteiger partial charge in [0.05, 0.1) is 18.4 Å². The molecule has 4 nitrogen and oxygen atoms in total. The van der Waals surface area contributed by atoms with E-state index >= 15 is 0 Å². The highest BCUT2D eigenvalue weighted by Crippen LogP contribution is 2.32. The summed E-state index contributed by atoms with van der Waals surface area (Å²) in [4.78, 5) is 0. The van der Waals surface area contributed by atoms with Gasteiger partial charge in [0.2, 0.25) is 0 Å². The quantitative estimate of drug-likeness (QED) is 0.499. The number of ether oxygens (including phenoxy) is 1. The van der Waals surface area contributed by atoms with Crippen LogP contribution in [-0.4, -0.2) is 17.9 Å². The van der Waals surface area contributed by atoms with Crippen LogP contribution in [-0.2, 0) is 6.18 Å². The standard InChI is InChI=1S/C12H14F3N3OS/c1-2-5-19-10-4-3-9(12(13,14)15)6-8(10)7-17-18-11(16)20/h3-4,6-7H,2,5H2,1H3,(H3,16,18,20). The van der Waals surface area contributed by atoms with Crippen molar-refractivity contribution in [3.8, 4) is 5.75 Å². The molecule has 0 bridgehead atoms. The number of nitrogens with zero attached hydrogens (tertiary/aromatic N) is 1. The Morgan fingerprint density at radius 2 is 2.20 bits per heavy atom. The molecule has 0 amide bonds. The van der Waals surface area contributed by atoms with E-state index in [2.05, 4.69) is 22.7 Å². The topological polar surface area (TPSA) is 59.6 Å². The molecule has 0 unspecified atom stereocenters. The van der Waals surface area contributed by atoms with E-state index in [4.69, 9.17) is 10.5 Å². The molecule has 20 heavy (non-hydrogen) atoms. The largest absolute Gasteiger partial charge is 0.493 e. The fourth-order valence-corrected chi connectivity index (χ4v) is 1.39. The minimum atomic E-state index is -4.43. The molecular weight excluding hydrogens is 291 g/mol. The molecule has 1 rings (SSSR count). The highest BCUT2D eigenvalue weighted by atomic mass is 32.1. The fraction of sp³-hybridized carbons (Fsp3) is 0.333. The monoisotopic (exact) mass is 305 g/mol. The minimum Gasteiger partial charge on any atom is -0.493 e. The number of nitrogens with one attached hydrogen (secondary N) is 1. The Balaban J connectivity index is 3.05. The maximum absolute atomic E-state index is 12.7. The third-order valence-corrected chi connectivity index (χ3v) is 2.27. The van der Waals surface area contributed by atoms with Crippen LogP contribution in [0.5, 0.6) is 5.75 Å². The van der Waals surface area contributed by atoms with Crippen LogP contribution >= 0.6 is 12.2 Å². The average molecular weight is 305 g/mol. The summed E-state index contributed by atoms with van der Waals surface area (Å²) in [5, 5.41) is 3.57. The van der Waals surface area contributed by atoms with E-state index < -0.39 is 11.7 Å². The molecule has 8 heteroatoms. The van der Waals surface area contributed by atoms with E-state index in [1.54, 1.807) is 0 Å². The maximum Gasteiger partial charge on any atom is 0.416 e. The second kappa shape index (κ2) is 7.09. The van der Waals surface area contributed by atoms with Crippen LogP contribution in [0.3, 0.4) is 0 Å². The fourth-order valence-electron chi connectivity index (χ4n) is 1.33. The molecule has 0 fully saturated rings. The van der Waals surface area contributed by atoms with E-state index in [0.717, 1.165) is 18.6 Å². The molecule has 0 spiro atoms. The number of thiocarbonyl (C=S) groups is 1. The predicted molar refractivity (Wildman–Crippen MR) is 74.7 cm³/mol. The Kier molecular flexibility index (Phi) is 5.75. The van der Waals surface area contributed by atoms with Crippen molar-refractivity contribution in [3.63, 3.8) is 0 Å². The number of alkyl halides is 3. The van der Waals surface area contributed by atoms with Gasteiger partial charge in [0.15, 0.2) is 5.11 Å². The lowest BCUT2D eigenvalue weighted by atomic mass is 10.1. The van der Waals surface area contributed by atoms with Crippen molar-refractivity contribution < 1.29 is 17.9 Å². The maximum atomic E-state index is 12.7. The van der Waals surface area contributed by atoms with Crippen molar-refractivity contribution in [2.75, 3.05) is 6.61 Å². The number of hydrogen-bond donors (Lipinski definition) is 2. The van der Waals surface area contributed by atoms with Crippen molar-refractivity contribution in [1.82, 2.24) is 5.43 Å². The van der Waals surface area contributed by atoms with Crippen molar-refractivity contribution in [2.24, 2.45) is 10.8 Å². The van der Waals surface area contributed by atoms with Crippen LogP contribution in [0.4, 0.5) is 13.2 Å². The van der Waals surface area contributed by atoms with Gasteiger partial charge in [0.25, 0.3) is 0 Å². The lowest BCUT2D eigenvalue weighted by Crippen LogP contribution is -2.24. The van der Waals surface area contributed by atoms with E-state index in [1.165, 1.54) is 12.3 Å². The summed E-state index contributed by atoms with van der Waals surface area (Å²) >= 11 is 4.54. The van der Waals surface area contributed by atoms with E-state index in [-0.39, 0.29) is 10.7 Å². The van der Waals surface area contributed by atoms with E-state index in [9.17, 15) is 13.2 Å². The SMILES string of the molecule is CCCOc1ccc(C(F)(F)F)cc1C=NNC(N)=S. The molecular formula is C12H14F3N3OS. The van der Waals surface area contributed by atoms with Gasteiger partial charge in [-0.1, -0.05) is 6.92 Å². The summed E-state index contributed by atoms with van der Waals surface area (Å²) < 4.78 is 43.3. The normalized spacial score (nSPS) is 11.6. The van der Waals surface area contributed by atoms with Gasteiger partial charge in [-0.2, -0.15) is 18.3 Å². The van der Waals surface area contributed by atoms with Crippen molar-refractivity contribution in [1.29, 1.82) is 0 Å². The van der Waals surface area contributed by atoms with Crippen molar-refractivity contribution >= 4 is 23.5 Å². The minimum absolute atomic E-state index is 0.0794. The summed E-state index contributed by atoms with van der Waals surface area (Å²) in [5.41, 5.74) is 6.86. The van der Waals surface area contributed by atoms with Crippen LogP contribution in [0.1, 0.15) is 24.5 Å². The second-order valence-electron chi connectivity index (χ2n) is 3.83. The number of hydrogen-bond acceptors (Lipinski definition) is 3. The van der Waals surface area contributed by atoms with Gasteiger partial charge in [-0.3, -0.25) is 5.43 Å². The highest BCUT2D eigenvalue weighted by molar-refractivity contribution is 7.80. The van der Waals surface area contributed by atoms with E-state index in [0.29, 0.717) is 12.4 Å². The number of rotatable bonds is 5. The lowest BCUT2D eigenvalue weighted by Gasteiger charge is -2.12. The molecule has 0 saturated heterocycles. The molecule has 0 heterocycles. The second-order valence-corrected chi connectivity index (χ2v) is 4.27. The molecule has 3 N–H and O–H groups in total. The first-order valence-corrected chi connectivity index (χ1v) is 6.18. The van der Waals surface area contributed by atoms with Crippen molar-refractivity contribution in [3.05, 3.63) is 29.3 Å². The molecule has 0 aliphatic rings. The molecule has 0 radical (unpaired) electrons. The van der Waals surface area contributed by atoms with Gasteiger partial charge in [-0.05, 0) is 36.8 Å². The highest BCUT2D eigenvalue weighted by Gasteiger charge is 2.31. The van der Waals surface area contributed by atoms with Gasteiger partial charge in [-0.25, -0.2) is 0 Å². The molecule has 1 aromatic carbocycles. The summed E-state index contributed by atoms with van der Waals surface area (Å²) in [6, 6.07) is 3.18. The third kappa shape index (κ3) is 5.04. The lowest BCUT2D eigenvalue weighted by molar-refractivity contribution is -0.137. The number of hydrazone groups is 1. The molecule has 0 atom stereocenters. The first-order chi connectivity index (χ1) is 9.34. The molecule has 0 saturated carbocycles. The summed E-state index contributed by atoms with van der Waals surface area (Å²) in [6.07, 6.45) is -2.51. The Bertz CT molecular complexity index is 503. The van der Waals surface area contributed by atoms with Crippen LogP contribution in [0.2, 0.25) is 0 Å². The summed E-state index contributed by atoms with van der Waals surface area (Å²) in [5.74, 6) is 0.313. The van der Waals surface area contributed by atoms with Gasteiger partial charge < -0.3 is 10.5 Å². The molecule has 1 aromatic rings. The van der Waals surface area contributed by atoms with Gasteiger partial charge in [0, 0.05) is 5.56 Å². The molecule has 110 valence electrons. The summed E-state index contributed by atoms with van der Waals surface area (Å²) in [7, 11) is 0. The zero-order valence-corrected chi connectivity index (χ0v) is 11.5. The third-order valence-electron chi connectivity index (χ3n) is 2.18. The zero-order chi connectivity index (χ0) is 15.2. The van der Waals surface area contributed by atoms with Crippen LogP contribution in [0.15, 0.2) is 23.3 Å². The number of halogens is 3. The number of nitrogens with two attached hydrogens (primary N) is 1. The zero-order valence-electron chi connectivity index (χ0n) is 10.7. The Morgan fingerprint density at radius 1 is 1.50 bits per heavy atom. The average Bonchev–Trinajstić information content (AvgIpc) is 2.35. The molecule has 0 aliphatic heterocycles. The van der Waals surface area contributed by atoms with Gasteiger partial charge in [0.1, 0.15) is 5.75 Å².